The van der Waals surface area contributed by atoms with Gasteiger partial charge in [0.15, 0.2) is 11.4 Å². The Balaban J connectivity index is 1.72. The summed E-state index contributed by atoms with van der Waals surface area (Å²) in [6, 6.07) is 7.40. The van der Waals surface area contributed by atoms with Gasteiger partial charge in [-0.3, -0.25) is 4.79 Å². The third kappa shape index (κ3) is 5.55. The number of fused-ring (bicyclic) bond motifs is 2. The Morgan fingerprint density at radius 2 is 2.04 bits per heavy atom. The van der Waals surface area contributed by atoms with Gasteiger partial charge in [-0.05, 0) is 55.4 Å². The first kappa shape index (κ1) is 32.3. The van der Waals surface area contributed by atoms with Crippen molar-refractivity contribution in [2.45, 2.75) is 32.4 Å². The Morgan fingerprint density at radius 3 is 2.70 bits per heavy atom. The number of benzene rings is 2. The molecule has 2 aromatic heterocycles. The molecule has 0 saturated carbocycles. The molecule has 2 aliphatic heterocycles. The number of piperazine rings is 1. The van der Waals surface area contributed by atoms with Gasteiger partial charge in [0, 0.05) is 26.2 Å². The van der Waals surface area contributed by atoms with Crippen LogP contribution in [0.3, 0.4) is 0 Å². The Bertz CT molecular complexity index is 1960. The standard InChI is InChI=1S/C34H36ClFN6O5/c1-7-25(44)40-11-12-41-20(16-40)17-47-31-27-32(41)38-34(45)42(30-21(18(2)3)13-19(15-39(4)5)14-24(30)46-6)33(27)37-29(28(31)35)26-22(36)9-8-10-23(26)43/h7-10,13-14,18,20,43H,1,11-12,15-17H2,2-6H3/t20-/m1/s1. The highest BCUT2D eigenvalue weighted by Gasteiger charge is 2.38. The third-order valence-corrected chi connectivity index (χ3v) is 8.87. The zero-order valence-electron chi connectivity index (χ0n) is 26.9. The first-order chi connectivity index (χ1) is 22.4. The second-order valence-corrected chi connectivity index (χ2v) is 12.6. The summed E-state index contributed by atoms with van der Waals surface area (Å²) in [5, 5.41) is 11.1. The molecule has 13 heteroatoms. The van der Waals surface area contributed by atoms with Crippen molar-refractivity contribution >= 4 is 34.4 Å². The predicted octanol–water partition coefficient (Wildman–Crippen LogP) is 4.74. The van der Waals surface area contributed by atoms with Crippen molar-refractivity contribution in [2.75, 3.05) is 52.3 Å². The molecule has 2 aromatic carbocycles. The van der Waals surface area contributed by atoms with Crippen molar-refractivity contribution < 1.29 is 23.8 Å². The molecule has 246 valence electrons. The van der Waals surface area contributed by atoms with Crippen LogP contribution in [0.15, 0.2) is 47.8 Å². The number of aromatic hydroxyl groups is 1. The molecule has 1 atom stereocenters. The van der Waals surface area contributed by atoms with Gasteiger partial charge in [0.2, 0.25) is 5.91 Å². The average Bonchev–Trinajstić information content (AvgIpc) is 3.19. The van der Waals surface area contributed by atoms with E-state index < -0.39 is 17.5 Å². The molecule has 4 heterocycles. The van der Waals surface area contributed by atoms with Crippen LogP contribution >= 0.6 is 11.6 Å². The van der Waals surface area contributed by atoms with Crippen LogP contribution in [0.4, 0.5) is 10.2 Å². The fraction of sp³-hybridized carbons (Fsp3) is 0.353. The summed E-state index contributed by atoms with van der Waals surface area (Å²) < 4.78 is 29.0. The fourth-order valence-corrected chi connectivity index (χ4v) is 6.69. The molecule has 11 nitrogen and oxygen atoms in total. The molecule has 0 radical (unpaired) electrons. The number of rotatable bonds is 7. The van der Waals surface area contributed by atoms with Crippen LogP contribution in [0.25, 0.3) is 28.0 Å². The van der Waals surface area contributed by atoms with E-state index in [4.69, 9.17) is 26.1 Å². The summed E-state index contributed by atoms with van der Waals surface area (Å²) >= 11 is 6.99. The lowest BCUT2D eigenvalue weighted by molar-refractivity contribution is -0.126. The quantitative estimate of drug-likeness (QED) is 0.281. The van der Waals surface area contributed by atoms with Crippen molar-refractivity contribution in [1.82, 2.24) is 24.3 Å². The monoisotopic (exact) mass is 662 g/mol. The van der Waals surface area contributed by atoms with E-state index in [1.54, 1.807) is 4.90 Å². The minimum Gasteiger partial charge on any atom is -0.507 e. The predicted molar refractivity (Wildman–Crippen MR) is 179 cm³/mol. The molecular formula is C34H36ClFN6O5. The Hall–Kier alpha value is -4.68. The molecule has 0 bridgehead atoms. The van der Waals surface area contributed by atoms with Crippen molar-refractivity contribution in [3.63, 3.8) is 0 Å². The number of hydrogen-bond donors (Lipinski definition) is 1. The van der Waals surface area contributed by atoms with Gasteiger partial charge in [0.1, 0.15) is 45.8 Å². The SMILES string of the molecule is C=CC(=O)N1CCN2c3nc(=O)n(-c4c(OC)cc(CN(C)C)cc4C(C)C)c4nc(-c5c(O)cccc5F)c(Cl)c(c34)OC[C@H]2C1. The van der Waals surface area contributed by atoms with Crippen LogP contribution < -0.4 is 20.1 Å². The van der Waals surface area contributed by atoms with Crippen LogP contribution in [0.2, 0.25) is 5.02 Å². The number of aromatic nitrogens is 3. The highest BCUT2D eigenvalue weighted by Crippen LogP contribution is 2.47. The molecule has 1 saturated heterocycles. The summed E-state index contributed by atoms with van der Waals surface area (Å²) in [5.41, 5.74) is 1.32. The van der Waals surface area contributed by atoms with Crippen molar-refractivity contribution in [3.05, 3.63) is 75.4 Å². The largest absolute Gasteiger partial charge is 0.507 e. The molecule has 1 N–H and O–H groups in total. The minimum absolute atomic E-state index is 0.0533. The van der Waals surface area contributed by atoms with E-state index in [0.717, 1.165) is 11.1 Å². The van der Waals surface area contributed by atoms with Crippen molar-refractivity contribution in [3.8, 4) is 34.2 Å². The number of anilines is 1. The molecule has 0 spiro atoms. The van der Waals surface area contributed by atoms with Crippen LogP contribution in [0, 0.1) is 5.82 Å². The Labute approximate surface area is 276 Å². The molecule has 1 amide bonds. The van der Waals surface area contributed by atoms with Gasteiger partial charge in [0.05, 0.1) is 24.4 Å². The number of amides is 1. The van der Waals surface area contributed by atoms with E-state index in [9.17, 15) is 14.7 Å². The average molecular weight is 663 g/mol. The lowest BCUT2D eigenvalue weighted by Crippen LogP contribution is -2.56. The molecule has 4 aromatic rings. The number of carbonyl (C=O) groups is 1. The summed E-state index contributed by atoms with van der Waals surface area (Å²) in [7, 11) is 5.46. The molecule has 47 heavy (non-hydrogen) atoms. The van der Waals surface area contributed by atoms with E-state index in [0.29, 0.717) is 36.5 Å². The van der Waals surface area contributed by atoms with Crippen molar-refractivity contribution in [2.24, 2.45) is 0 Å². The zero-order valence-corrected chi connectivity index (χ0v) is 27.6. The van der Waals surface area contributed by atoms with Gasteiger partial charge in [-0.2, -0.15) is 4.98 Å². The van der Waals surface area contributed by atoms with Gasteiger partial charge in [-0.25, -0.2) is 18.7 Å². The van der Waals surface area contributed by atoms with Crippen LogP contribution in [0.5, 0.6) is 17.2 Å². The summed E-state index contributed by atoms with van der Waals surface area (Å²) in [4.78, 5) is 41.9. The van der Waals surface area contributed by atoms with Crippen LogP contribution in [0.1, 0.15) is 30.9 Å². The van der Waals surface area contributed by atoms with E-state index in [-0.39, 0.29) is 64.2 Å². The summed E-state index contributed by atoms with van der Waals surface area (Å²) in [5.74, 6) is -0.572. The van der Waals surface area contributed by atoms with Crippen LogP contribution in [-0.4, -0.2) is 88.8 Å². The number of ether oxygens (including phenoxy) is 2. The second-order valence-electron chi connectivity index (χ2n) is 12.3. The minimum atomic E-state index is -0.757. The Kier molecular flexibility index (Phi) is 8.58. The maximum atomic E-state index is 15.4. The highest BCUT2D eigenvalue weighted by molar-refractivity contribution is 6.36. The maximum absolute atomic E-state index is 15.4. The number of halogens is 2. The van der Waals surface area contributed by atoms with E-state index >= 15 is 4.39 Å². The smallest absolute Gasteiger partial charge is 0.355 e. The summed E-state index contributed by atoms with van der Waals surface area (Å²) in [6.45, 7) is 9.34. The number of methoxy groups -OCH3 is 1. The fourth-order valence-electron chi connectivity index (χ4n) is 6.40. The number of carbonyl (C=O) groups excluding carboxylic acids is 1. The molecule has 0 unspecified atom stereocenters. The van der Waals surface area contributed by atoms with Gasteiger partial charge >= 0.3 is 5.69 Å². The molecule has 6 rings (SSSR count). The molecule has 1 fully saturated rings. The van der Waals surface area contributed by atoms with E-state index in [1.165, 1.54) is 36.0 Å². The zero-order chi connectivity index (χ0) is 33.7. The second kappa shape index (κ2) is 12.5. The number of pyridine rings is 1. The van der Waals surface area contributed by atoms with E-state index in [2.05, 4.69) is 11.6 Å². The maximum Gasteiger partial charge on any atom is 0.355 e. The van der Waals surface area contributed by atoms with Gasteiger partial charge in [-0.1, -0.05) is 44.2 Å². The van der Waals surface area contributed by atoms with Gasteiger partial charge in [0.25, 0.3) is 0 Å². The van der Waals surface area contributed by atoms with Crippen molar-refractivity contribution in [1.29, 1.82) is 0 Å². The normalized spacial score (nSPS) is 15.9. The number of nitrogens with zero attached hydrogens (tertiary/aromatic N) is 6. The first-order valence-electron chi connectivity index (χ1n) is 15.3. The van der Waals surface area contributed by atoms with Gasteiger partial charge in [-0.15, -0.1) is 0 Å². The lowest BCUT2D eigenvalue weighted by Gasteiger charge is -2.40. The van der Waals surface area contributed by atoms with E-state index in [1.807, 2.05) is 49.9 Å². The number of phenols is 1. The van der Waals surface area contributed by atoms with Crippen LogP contribution in [-0.2, 0) is 11.3 Å². The number of phenolic OH excluding ortho intramolecular Hbond substituents is 1. The Morgan fingerprint density at radius 1 is 1.28 bits per heavy atom. The summed E-state index contributed by atoms with van der Waals surface area (Å²) in [6.07, 6.45) is 1.26. The molecular weight excluding hydrogens is 627 g/mol. The first-order valence-corrected chi connectivity index (χ1v) is 15.6. The lowest BCUT2D eigenvalue weighted by atomic mass is 9.97. The number of hydrogen-bond acceptors (Lipinski definition) is 9. The highest BCUT2D eigenvalue weighted by atomic mass is 35.5. The molecule has 0 aliphatic carbocycles. The topological polar surface area (TPSA) is 113 Å². The van der Waals surface area contributed by atoms with Gasteiger partial charge < -0.3 is 29.3 Å². The molecule has 2 aliphatic rings. The third-order valence-electron chi connectivity index (χ3n) is 8.52.